The first kappa shape index (κ1) is 13.7. The SMILES string of the molecule is CCOC(=O)c1ccc(=O)n(CC(C)N)c1Cl. The van der Waals surface area contributed by atoms with Gasteiger partial charge in [0.05, 0.1) is 12.2 Å². The highest BCUT2D eigenvalue weighted by atomic mass is 35.5. The Morgan fingerprint density at radius 1 is 1.59 bits per heavy atom. The zero-order chi connectivity index (χ0) is 13.0. The third-order valence-corrected chi connectivity index (χ3v) is 2.49. The number of hydrogen-bond donors (Lipinski definition) is 1. The Kier molecular flexibility index (Phi) is 4.72. The van der Waals surface area contributed by atoms with Gasteiger partial charge in [-0.25, -0.2) is 4.79 Å². The molecule has 6 heteroatoms. The van der Waals surface area contributed by atoms with Crippen LogP contribution in [0, 0.1) is 0 Å². The van der Waals surface area contributed by atoms with Crippen LogP contribution in [-0.2, 0) is 11.3 Å². The summed E-state index contributed by atoms with van der Waals surface area (Å²) >= 11 is 6.00. The van der Waals surface area contributed by atoms with Gasteiger partial charge in [-0.15, -0.1) is 0 Å². The quantitative estimate of drug-likeness (QED) is 0.647. The summed E-state index contributed by atoms with van der Waals surface area (Å²) in [6.45, 7) is 3.95. The predicted molar refractivity (Wildman–Crippen MR) is 65.3 cm³/mol. The summed E-state index contributed by atoms with van der Waals surface area (Å²) < 4.78 is 6.10. The number of nitrogens with zero attached hydrogens (tertiary/aromatic N) is 1. The lowest BCUT2D eigenvalue weighted by Crippen LogP contribution is -2.31. The smallest absolute Gasteiger partial charge is 0.341 e. The highest BCUT2D eigenvalue weighted by molar-refractivity contribution is 6.32. The van der Waals surface area contributed by atoms with Crippen molar-refractivity contribution in [1.29, 1.82) is 0 Å². The van der Waals surface area contributed by atoms with E-state index in [2.05, 4.69) is 0 Å². The first-order valence-electron chi connectivity index (χ1n) is 5.29. The van der Waals surface area contributed by atoms with Crippen molar-refractivity contribution >= 4 is 17.6 Å². The molecule has 0 aliphatic heterocycles. The molecule has 0 radical (unpaired) electrons. The minimum Gasteiger partial charge on any atom is -0.462 e. The fourth-order valence-corrected chi connectivity index (χ4v) is 1.67. The number of carbonyl (C=O) groups excluding carboxylic acids is 1. The molecular formula is C11H15ClN2O3. The van der Waals surface area contributed by atoms with Crippen LogP contribution < -0.4 is 11.3 Å². The van der Waals surface area contributed by atoms with Crippen LogP contribution in [0.3, 0.4) is 0 Å². The third-order valence-electron chi connectivity index (χ3n) is 2.08. The monoisotopic (exact) mass is 258 g/mol. The topological polar surface area (TPSA) is 74.3 Å². The molecule has 0 amide bonds. The Hall–Kier alpha value is -1.33. The summed E-state index contributed by atoms with van der Waals surface area (Å²) in [6, 6.07) is 2.41. The van der Waals surface area contributed by atoms with Gasteiger partial charge in [-0.05, 0) is 19.9 Å². The standard InChI is InChI=1S/C11H15ClN2O3/c1-3-17-11(16)8-4-5-9(15)14(10(8)12)6-7(2)13/h4-5,7H,3,6,13H2,1-2H3. The van der Waals surface area contributed by atoms with Crippen molar-refractivity contribution in [2.75, 3.05) is 6.61 Å². The van der Waals surface area contributed by atoms with Gasteiger partial charge in [-0.3, -0.25) is 9.36 Å². The maximum atomic E-state index is 11.6. The number of ether oxygens (including phenoxy) is 1. The van der Waals surface area contributed by atoms with Crippen LogP contribution >= 0.6 is 11.6 Å². The van der Waals surface area contributed by atoms with Crippen LogP contribution in [0.1, 0.15) is 24.2 Å². The number of esters is 1. The number of aromatic nitrogens is 1. The van der Waals surface area contributed by atoms with E-state index < -0.39 is 5.97 Å². The van der Waals surface area contributed by atoms with E-state index >= 15 is 0 Å². The molecular weight excluding hydrogens is 244 g/mol. The van der Waals surface area contributed by atoms with Gasteiger partial charge < -0.3 is 10.5 Å². The normalized spacial score (nSPS) is 12.2. The van der Waals surface area contributed by atoms with E-state index in [1.807, 2.05) is 0 Å². The molecule has 1 rings (SSSR count). The number of carbonyl (C=O) groups is 1. The number of pyridine rings is 1. The molecule has 0 saturated carbocycles. The molecule has 94 valence electrons. The summed E-state index contributed by atoms with van der Waals surface area (Å²) in [5.41, 5.74) is 5.50. The Morgan fingerprint density at radius 3 is 2.76 bits per heavy atom. The van der Waals surface area contributed by atoms with Crippen molar-refractivity contribution in [3.05, 3.63) is 33.2 Å². The lowest BCUT2D eigenvalue weighted by Gasteiger charge is -2.13. The molecule has 1 heterocycles. The molecule has 0 spiro atoms. The molecule has 1 aromatic heterocycles. The van der Waals surface area contributed by atoms with Gasteiger partial charge in [0.25, 0.3) is 5.56 Å². The van der Waals surface area contributed by atoms with E-state index in [-0.39, 0.29) is 35.5 Å². The van der Waals surface area contributed by atoms with Gasteiger partial charge in [-0.2, -0.15) is 0 Å². The van der Waals surface area contributed by atoms with Crippen molar-refractivity contribution in [3.8, 4) is 0 Å². The number of halogens is 1. The Bertz CT molecular complexity index is 468. The van der Waals surface area contributed by atoms with Crippen LogP contribution in [0.15, 0.2) is 16.9 Å². The fraction of sp³-hybridized carbons (Fsp3) is 0.455. The molecule has 0 bridgehead atoms. The zero-order valence-corrected chi connectivity index (χ0v) is 10.5. The first-order chi connectivity index (χ1) is 7.97. The highest BCUT2D eigenvalue weighted by Gasteiger charge is 2.16. The molecule has 1 atom stereocenters. The third kappa shape index (κ3) is 3.31. The van der Waals surface area contributed by atoms with Crippen molar-refractivity contribution in [2.45, 2.75) is 26.4 Å². The zero-order valence-electron chi connectivity index (χ0n) is 9.77. The summed E-state index contributed by atoms with van der Waals surface area (Å²) in [4.78, 5) is 23.1. The van der Waals surface area contributed by atoms with Crippen LogP contribution in [0.5, 0.6) is 0 Å². The van der Waals surface area contributed by atoms with Gasteiger partial charge in [0, 0.05) is 18.7 Å². The Morgan fingerprint density at radius 2 is 2.24 bits per heavy atom. The summed E-state index contributed by atoms with van der Waals surface area (Å²) in [7, 11) is 0. The van der Waals surface area contributed by atoms with Gasteiger partial charge in [0.2, 0.25) is 0 Å². The average molecular weight is 259 g/mol. The van der Waals surface area contributed by atoms with E-state index in [1.165, 1.54) is 16.7 Å². The summed E-state index contributed by atoms with van der Waals surface area (Å²) in [5, 5.41) is 0.0632. The summed E-state index contributed by atoms with van der Waals surface area (Å²) in [6.07, 6.45) is 0. The van der Waals surface area contributed by atoms with Crippen LogP contribution in [-0.4, -0.2) is 23.2 Å². The molecule has 0 aromatic carbocycles. The molecule has 5 nitrogen and oxygen atoms in total. The van der Waals surface area contributed by atoms with Crippen molar-refractivity contribution in [1.82, 2.24) is 4.57 Å². The molecule has 2 N–H and O–H groups in total. The van der Waals surface area contributed by atoms with Crippen LogP contribution in [0.4, 0.5) is 0 Å². The minimum absolute atomic E-state index is 0.0632. The lowest BCUT2D eigenvalue weighted by molar-refractivity contribution is 0.0525. The van der Waals surface area contributed by atoms with Gasteiger partial charge in [0.15, 0.2) is 0 Å². The molecule has 0 aliphatic rings. The van der Waals surface area contributed by atoms with E-state index in [1.54, 1.807) is 13.8 Å². The van der Waals surface area contributed by atoms with Crippen LogP contribution in [0.2, 0.25) is 5.15 Å². The van der Waals surface area contributed by atoms with Crippen molar-refractivity contribution < 1.29 is 9.53 Å². The number of hydrogen-bond acceptors (Lipinski definition) is 4. The van der Waals surface area contributed by atoms with Gasteiger partial charge in [-0.1, -0.05) is 11.6 Å². The average Bonchev–Trinajstić information content (AvgIpc) is 2.24. The lowest BCUT2D eigenvalue weighted by atomic mass is 10.2. The Balaban J connectivity index is 3.18. The van der Waals surface area contributed by atoms with E-state index in [4.69, 9.17) is 22.1 Å². The fourth-order valence-electron chi connectivity index (χ4n) is 1.37. The first-order valence-corrected chi connectivity index (χ1v) is 5.67. The maximum Gasteiger partial charge on any atom is 0.341 e. The second kappa shape index (κ2) is 5.84. The van der Waals surface area contributed by atoms with E-state index in [0.717, 1.165) is 0 Å². The van der Waals surface area contributed by atoms with E-state index in [0.29, 0.717) is 0 Å². The molecule has 0 aliphatic carbocycles. The molecule has 0 fully saturated rings. The molecule has 1 unspecified atom stereocenters. The van der Waals surface area contributed by atoms with Crippen molar-refractivity contribution in [3.63, 3.8) is 0 Å². The second-order valence-corrected chi connectivity index (χ2v) is 4.04. The van der Waals surface area contributed by atoms with Crippen LogP contribution in [0.25, 0.3) is 0 Å². The van der Waals surface area contributed by atoms with Gasteiger partial charge in [0.1, 0.15) is 5.15 Å². The second-order valence-electron chi connectivity index (χ2n) is 3.68. The Labute approximate surface area is 104 Å². The highest BCUT2D eigenvalue weighted by Crippen LogP contribution is 2.15. The largest absolute Gasteiger partial charge is 0.462 e. The molecule has 17 heavy (non-hydrogen) atoms. The number of nitrogens with two attached hydrogens (primary N) is 1. The van der Waals surface area contributed by atoms with E-state index in [9.17, 15) is 9.59 Å². The maximum absolute atomic E-state index is 11.6. The van der Waals surface area contributed by atoms with Crippen molar-refractivity contribution in [2.24, 2.45) is 5.73 Å². The minimum atomic E-state index is -0.545. The number of rotatable bonds is 4. The molecule has 1 aromatic rings. The summed E-state index contributed by atoms with van der Waals surface area (Å²) in [5.74, 6) is -0.545. The predicted octanol–water partition coefficient (Wildman–Crippen LogP) is 1.03. The molecule has 0 saturated heterocycles. The van der Waals surface area contributed by atoms with Gasteiger partial charge >= 0.3 is 5.97 Å².